The van der Waals surface area contributed by atoms with Gasteiger partial charge in [0.15, 0.2) is 5.69 Å². The molecule has 0 aliphatic heterocycles. The highest BCUT2D eigenvalue weighted by Crippen LogP contribution is 2.19. The van der Waals surface area contributed by atoms with Crippen molar-refractivity contribution in [2.45, 2.75) is 26.8 Å². The van der Waals surface area contributed by atoms with Gasteiger partial charge >= 0.3 is 0 Å². The monoisotopic (exact) mass is 300 g/mol. The van der Waals surface area contributed by atoms with Crippen molar-refractivity contribution in [3.8, 4) is 11.8 Å². The van der Waals surface area contributed by atoms with E-state index >= 15 is 0 Å². The average Bonchev–Trinajstić information content (AvgIpc) is 2.93. The summed E-state index contributed by atoms with van der Waals surface area (Å²) in [5.41, 5.74) is 0.315. The minimum Gasteiger partial charge on any atom is -0.334 e. The Balaban J connectivity index is 2.18. The third-order valence-electron chi connectivity index (χ3n) is 3.17. The van der Waals surface area contributed by atoms with Crippen LogP contribution in [0.15, 0.2) is 36.5 Å². The second-order valence-electron chi connectivity index (χ2n) is 6.03. The molecule has 2 aromatic rings. The third-order valence-corrected chi connectivity index (χ3v) is 3.17. The number of halogens is 1. The van der Waals surface area contributed by atoms with Crippen LogP contribution < -0.4 is 5.32 Å². The van der Waals surface area contributed by atoms with Crippen LogP contribution in [0, 0.1) is 22.6 Å². The first-order valence-electron chi connectivity index (χ1n) is 6.83. The Kier molecular flexibility index (Phi) is 4.27. The fourth-order valence-electron chi connectivity index (χ4n) is 1.85. The van der Waals surface area contributed by atoms with Crippen molar-refractivity contribution in [1.29, 1.82) is 5.26 Å². The Morgan fingerprint density at radius 3 is 2.73 bits per heavy atom. The summed E-state index contributed by atoms with van der Waals surface area (Å²) in [6.45, 7) is 5.60. The smallest absolute Gasteiger partial charge is 0.272 e. The molecule has 0 spiro atoms. The standard InChI is InChI=1S/C16H17FN4O/c1-16(2,3)14(10-18)19-15(22)13-7-8-21(20-13)12-6-4-5-11(17)9-12/h4-9,14H,1-3H3,(H,19,22)/t14-/m1/s1. The molecule has 114 valence electrons. The molecule has 0 bridgehead atoms. The van der Waals surface area contributed by atoms with Crippen molar-refractivity contribution in [3.63, 3.8) is 0 Å². The summed E-state index contributed by atoms with van der Waals surface area (Å²) in [7, 11) is 0. The Labute approximate surface area is 128 Å². The number of nitrogens with zero attached hydrogens (tertiary/aromatic N) is 3. The number of rotatable bonds is 3. The summed E-state index contributed by atoms with van der Waals surface area (Å²) >= 11 is 0. The highest BCUT2D eigenvalue weighted by Gasteiger charge is 2.27. The van der Waals surface area contributed by atoms with Gasteiger partial charge in [-0.2, -0.15) is 10.4 Å². The Morgan fingerprint density at radius 2 is 2.14 bits per heavy atom. The zero-order valence-corrected chi connectivity index (χ0v) is 12.7. The second kappa shape index (κ2) is 5.98. The molecule has 5 nitrogen and oxygen atoms in total. The fraction of sp³-hybridized carbons (Fsp3) is 0.312. The van der Waals surface area contributed by atoms with Gasteiger partial charge in [-0.15, -0.1) is 0 Å². The molecule has 22 heavy (non-hydrogen) atoms. The summed E-state index contributed by atoms with van der Waals surface area (Å²) < 4.78 is 14.6. The van der Waals surface area contributed by atoms with E-state index in [9.17, 15) is 9.18 Å². The summed E-state index contributed by atoms with van der Waals surface area (Å²) in [5, 5.41) is 15.9. The number of benzene rings is 1. The Hall–Kier alpha value is -2.68. The molecule has 0 aliphatic carbocycles. The van der Waals surface area contributed by atoms with Gasteiger partial charge in [0.05, 0.1) is 11.8 Å². The topological polar surface area (TPSA) is 70.7 Å². The van der Waals surface area contributed by atoms with Crippen molar-refractivity contribution >= 4 is 5.91 Å². The number of carbonyl (C=O) groups excluding carboxylic acids is 1. The summed E-state index contributed by atoms with van der Waals surface area (Å²) in [5.74, 6) is -0.812. The minimum absolute atomic E-state index is 0.175. The van der Waals surface area contributed by atoms with Gasteiger partial charge in [-0.1, -0.05) is 26.8 Å². The number of hydrogen-bond acceptors (Lipinski definition) is 3. The molecule has 0 saturated heterocycles. The van der Waals surface area contributed by atoms with Gasteiger partial charge in [0.25, 0.3) is 5.91 Å². The number of nitrogens with one attached hydrogen (secondary N) is 1. The van der Waals surface area contributed by atoms with Gasteiger partial charge in [0, 0.05) is 6.20 Å². The van der Waals surface area contributed by atoms with Crippen molar-refractivity contribution in [2.24, 2.45) is 5.41 Å². The second-order valence-corrected chi connectivity index (χ2v) is 6.03. The minimum atomic E-state index is -0.626. The molecule has 0 aliphatic rings. The van der Waals surface area contributed by atoms with Crippen molar-refractivity contribution in [2.75, 3.05) is 0 Å². The molecule has 0 saturated carbocycles. The predicted octanol–water partition coefficient (Wildman–Crippen LogP) is 2.68. The van der Waals surface area contributed by atoms with Gasteiger partial charge in [0.1, 0.15) is 11.9 Å². The van der Waals surface area contributed by atoms with Crippen LogP contribution in [0.2, 0.25) is 0 Å². The molecule has 1 heterocycles. The Morgan fingerprint density at radius 1 is 1.41 bits per heavy atom. The first-order valence-corrected chi connectivity index (χ1v) is 6.83. The van der Waals surface area contributed by atoms with Crippen molar-refractivity contribution in [1.82, 2.24) is 15.1 Å². The van der Waals surface area contributed by atoms with Crippen LogP contribution in [0.25, 0.3) is 5.69 Å². The molecule has 0 unspecified atom stereocenters. The van der Waals surface area contributed by atoms with Crippen LogP contribution in [0.1, 0.15) is 31.3 Å². The maximum absolute atomic E-state index is 13.2. The molecule has 1 aromatic carbocycles. The van der Waals surface area contributed by atoms with Crippen LogP contribution in [0.5, 0.6) is 0 Å². The average molecular weight is 300 g/mol. The molecule has 0 radical (unpaired) electrons. The van der Waals surface area contributed by atoms with E-state index in [-0.39, 0.29) is 16.9 Å². The molecule has 0 fully saturated rings. The number of nitriles is 1. The number of aromatic nitrogens is 2. The van der Waals surface area contributed by atoms with E-state index < -0.39 is 11.9 Å². The van der Waals surface area contributed by atoms with Crippen LogP contribution in [0.3, 0.4) is 0 Å². The third kappa shape index (κ3) is 3.50. The molecular weight excluding hydrogens is 283 g/mol. The molecule has 1 amide bonds. The highest BCUT2D eigenvalue weighted by molar-refractivity contribution is 5.92. The maximum atomic E-state index is 13.2. The van der Waals surface area contributed by atoms with E-state index in [1.54, 1.807) is 18.3 Å². The fourth-order valence-corrected chi connectivity index (χ4v) is 1.85. The van der Waals surface area contributed by atoms with E-state index in [4.69, 9.17) is 5.26 Å². The van der Waals surface area contributed by atoms with E-state index in [1.165, 1.54) is 22.9 Å². The van der Waals surface area contributed by atoms with Crippen LogP contribution >= 0.6 is 0 Å². The SMILES string of the molecule is CC(C)(C)[C@@H](C#N)NC(=O)c1ccn(-c2cccc(F)c2)n1. The van der Waals surface area contributed by atoms with Gasteiger partial charge < -0.3 is 5.32 Å². The predicted molar refractivity (Wildman–Crippen MR) is 79.8 cm³/mol. The molecule has 1 aromatic heterocycles. The molecular formula is C16H17FN4O. The van der Waals surface area contributed by atoms with Crippen molar-refractivity contribution < 1.29 is 9.18 Å². The van der Waals surface area contributed by atoms with Crippen LogP contribution in [-0.4, -0.2) is 21.7 Å². The van der Waals surface area contributed by atoms with E-state index in [0.717, 1.165) is 0 Å². The van der Waals surface area contributed by atoms with Gasteiger partial charge in [-0.25, -0.2) is 9.07 Å². The number of hydrogen-bond donors (Lipinski definition) is 1. The number of carbonyl (C=O) groups is 1. The Bertz CT molecular complexity index is 724. The first-order chi connectivity index (χ1) is 10.3. The zero-order valence-electron chi connectivity index (χ0n) is 12.7. The lowest BCUT2D eigenvalue weighted by molar-refractivity contribution is 0.0916. The van der Waals surface area contributed by atoms with E-state index in [0.29, 0.717) is 5.69 Å². The van der Waals surface area contributed by atoms with E-state index in [1.807, 2.05) is 20.8 Å². The highest BCUT2D eigenvalue weighted by atomic mass is 19.1. The van der Waals surface area contributed by atoms with Crippen molar-refractivity contribution in [3.05, 3.63) is 48.0 Å². The van der Waals surface area contributed by atoms with E-state index in [2.05, 4.69) is 16.5 Å². The lowest BCUT2D eigenvalue weighted by Gasteiger charge is -2.25. The van der Waals surface area contributed by atoms with Gasteiger partial charge in [-0.3, -0.25) is 4.79 Å². The van der Waals surface area contributed by atoms with Gasteiger partial charge in [-0.05, 0) is 29.7 Å². The van der Waals surface area contributed by atoms with Gasteiger partial charge in [0.2, 0.25) is 0 Å². The number of amides is 1. The summed E-state index contributed by atoms with van der Waals surface area (Å²) in [6, 6.07) is 8.88. The molecule has 6 heteroatoms. The zero-order chi connectivity index (χ0) is 16.3. The molecule has 2 rings (SSSR count). The largest absolute Gasteiger partial charge is 0.334 e. The molecule has 1 N–H and O–H groups in total. The molecule has 1 atom stereocenters. The maximum Gasteiger partial charge on any atom is 0.272 e. The summed E-state index contributed by atoms with van der Waals surface area (Å²) in [4.78, 5) is 12.2. The lowest BCUT2D eigenvalue weighted by atomic mass is 9.87. The summed E-state index contributed by atoms with van der Waals surface area (Å²) in [6.07, 6.45) is 1.57. The first kappa shape index (κ1) is 15.7. The normalized spacial score (nSPS) is 12.5. The van der Waals surface area contributed by atoms with Crippen LogP contribution in [-0.2, 0) is 0 Å². The quantitative estimate of drug-likeness (QED) is 0.947. The lowest BCUT2D eigenvalue weighted by Crippen LogP contribution is -2.42. The van der Waals surface area contributed by atoms with Crippen LogP contribution in [0.4, 0.5) is 4.39 Å².